The van der Waals surface area contributed by atoms with E-state index in [1.54, 1.807) is 0 Å². The van der Waals surface area contributed by atoms with Gasteiger partial charge in [-0.2, -0.15) is 13.2 Å². The fourth-order valence-corrected chi connectivity index (χ4v) is 1.49. The Kier molecular flexibility index (Phi) is 5.75. The third kappa shape index (κ3) is 5.04. The molecule has 0 aliphatic rings. The molecule has 0 fully saturated rings. The van der Waals surface area contributed by atoms with Crippen LogP contribution in [0.15, 0.2) is 18.2 Å². The number of ether oxygens (including phenoxy) is 1. The summed E-state index contributed by atoms with van der Waals surface area (Å²) in [6, 6.07) is 3.96. The molecule has 112 valence electrons. The second-order valence-electron chi connectivity index (χ2n) is 3.84. The highest BCUT2D eigenvalue weighted by molar-refractivity contribution is 5.99. The standard InChI is InChI=1S/C12H14F4N2O2/c1-17-10-8(3-2-4-9(10)13)11(19)18-5-6-20-7-12(14,15)16/h2-4,17H,5-7H2,1H3,(H,18,19). The summed E-state index contributed by atoms with van der Waals surface area (Å²) in [6.07, 6.45) is -4.40. The van der Waals surface area contributed by atoms with Gasteiger partial charge in [-0.05, 0) is 12.1 Å². The van der Waals surface area contributed by atoms with Crippen LogP contribution < -0.4 is 10.6 Å². The summed E-state index contributed by atoms with van der Waals surface area (Å²) in [5, 5.41) is 4.90. The number of anilines is 1. The van der Waals surface area contributed by atoms with Gasteiger partial charge >= 0.3 is 6.18 Å². The van der Waals surface area contributed by atoms with Crippen LogP contribution in [0.2, 0.25) is 0 Å². The first-order valence-corrected chi connectivity index (χ1v) is 5.74. The van der Waals surface area contributed by atoms with Crippen molar-refractivity contribution in [3.63, 3.8) is 0 Å². The molecular formula is C12H14F4N2O2. The lowest BCUT2D eigenvalue weighted by atomic mass is 10.1. The highest BCUT2D eigenvalue weighted by Crippen LogP contribution is 2.18. The van der Waals surface area contributed by atoms with Crippen molar-refractivity contribution in [3.8, 4) is 0 Å². The number of carbonyl (C=O) groups is 1. The Balaban J connectivity index is 2.46. The van der Waals surface area contributed by atoms with Crippen molar-refractivity contribution >= 4 is 11.6 Å². The third-order valence-corrected chi connectivity index (χ3v) is 2.31. The molecule has 20 heavy (non-hydrogen) atoms. The van der Waals surface area contributed by atoms with E-state index in [9.17, 15) is 22.4 Å². The number of nitrogens with one attached hydrogen (secondary N) is 2. The fourth-order valence-electron chi connectivity index (χ4n) is 1.49. The molecule has 0 saturated carbocycles. The molecule has 1 aromatic rings. The minimum atomic E-state index is -4.40. The first kappa shape index (κ1) is 16.2. The van der Waals surface area contributed by atoms with E-state index in [0.717, 1.165) is 0 Å². The first-order chi connectivity index (χ1) is 9.35. The van der Waals surface area contributed by atoms with E-state index in [-0.39, 0.29) is 24.4 Å². The average Bonchev–Trinajstić information content (AvgIpc) is 2.36. The van der Waals surface area contributed by atoms with Crippen LogP contribution in [0, 0.1) is 5.82 Å². The molecular weight excluding hydrogens is 280 g/mol. The zero-order valence-electron chi connectivity index (χ0n) is 10.7. The highest BCUT2D eigenvalue weighted by atomic mass is 19.4. The second-order valence-corrected chi connectivity index (χ2v) is 3.84. The maximum Gasteiger partial charge on any atom is 0.411 e. The van der Waals surface area contributed by atoms with Crippen molar-refractivity contribution in [1.29, 1.82) is 0 Å². The van der Waals surface area contributed by atoms with E-state index in [0.29, 0.717) is 0 Å². The summed E-state index contributed by atoms with van der Waals surface area (Å²) in [5.74, 6) is -1.18. The largest absolute Gasteiger partial charge is 0.411 e. The van der Waals surface area contributed by atoms with Gasteiger partial charge in [0.05, 0.1) is 17.9 Å². The summed E-state index contributed by atoms with van der Waals surface area (Å²) >= 11 is 0. The van der Waals surface area contributed by atoms with Crippen molar-refractivity contribution in [1.82, 2.24) is 5.32 Å². The minimum absolute atomic E-state index is 0.0289. The first-order valence-electron chi connectivity index (χ1n) is 5.74. The van der Waals surface area contributed by atoms with Crippen LogP contribution in [0.4, 0.5) is 23.2 Å². The monoisotopic (exact) mass is 294 g/mol. The van der Waals surface area contributed by atoms with E-state index < -0.39 is 24.5 Å². The number of alkyl halides is 3. The Bertz CT molecular complexity index is 463. The lowest BCUT2D eigenvalue weighted by Gasteiger charge is -2.11. The molecule has 1 rings (SSSR count). The van der Waals surface area contributed by atoms with Crippen LogP contribution in [-0.2, 0) is 4.74 Å². The van der Waals surface area contributed by atoms with Gasteiger partial charge in [0.25, 0.3) is 5.91 Å². The number of hydrogen-bond acceptors (Lipinski definition) is 3. The lowest BCUT2D eigenvalue weighted by molar-refractivity contribution is -0.173. The van der Waals surface area contributed by atoms with Gasteiger partial charge in [-0.25, -0.2) is 4.39 Å². The molecule has 0 heterocycles. The minimum Gasteiger partial charge on any atom is -0.385 e. The molecule has 0 bridgehead atoms. The van der Waals surface area contributed by atoms with E-state index in [1.807, 2.05) is 0 Å². The summed E-state index contributed by atoms with van der Waals surface area (Å²) in [4.78, 5) is 11.7. The number of rotatable bonds is 6. The SMILES string of the molecule is CNc1c(F)cccc1C(=O)NCCOCC(F)(F)F. The molecule has 1 amide bonds. The van der Waals surface area contributed by atoms with Gasteiger partial charge < -0.3 is 15.4 Å². The lowest BCUT2D eigenvalue weighted by Crippen LogP contribution is -2.29. The van der Waals surface area contributed by atoms with Crippen molar-refractivity contribution in [2.24, 2.45) is 0 Å². The Labute approximate surface area is 113 Å². The molecule has 0 aliphatic carbocycles. The number of halogens is 4. The molecule has 0 atom stereocenters. The van der Waals surface area contributed by atoms with Crippen molar-refractivity contribution < 1.29 is 27.1 Å². The van der Waals surface area contributed by atoms with Crippen LogP contribution in [0.5, 0.6) is 0 Å². The molecule has 8 heteroatoms. The van der Waals surface area contributed by atoms with Crippen molar-refractivity contribution in [2.45, 2.75) is 6.18 Å². The molecule has 0 spiro atoms. The number of amides is 1. The fraction of sp³-hybridized carbons (Fsp3) is 0.417. The predicted molar refractivity (Wildman–Crippen MR) is 65.2 cm³/mol. The van der Waals surface area contributed by atoms with Crippen molar-refractivity contribution in [2.75, 3.05) is 32.1 Å². The maximum atomic E-state index is 13.4. The Morgan fingerprint density at radius 3 is 2.65 bits per heavy atom. The molecule has 0 saturated heterocycles. The van der Waals surface area contributed by atoms with E-state index in [2.05, 4.69) is 15.4 Å². The summed E-state index contributed by atoms with van der Waals surface area (Å²) in [6.45, 7) is -1.76. The number of para-hydroxylation sites is 1. The number of hydrogen-bond donors (Lipinski definition) is 2. The van der Waals surface area contributed by atoms with Gasteiger partial charge in [0.15, 0.2) is 0 Å². The topological polar surface area (TPSA) is 50.4 Å². The van der Waals surface area contributed by atoms with Crippen LogP contribution in [0.1, 0.15) is 10.4 Å². The predicted octanol–water partition coefficient (Wildman–Crippen LogP) is 2.18. The highest BCUT2D eigenvalue weighted by Gasteiger charge is 2.27. The van der Waals surface area contributed by atoms with Gasteiger partial charge in [0.2, 0.25) is 0 Å². The summed E-state index contributed by atoms with van der Waals surface area (Å²) < 4.78 is 53.1. The van der Waals surface area contributed by atoms with Crippen LogP contribution in [0.3, 0.4) is 0 Å². The Morgan fingerprint density at radius 1 is 1.35 bits per heavy atom. The molecule has 2 N–H and O–H groups in total. The smallest absolute Gasteiger partial charge is 0.385 e. The quantitative estimate of drug-likeness (QED) is 0.624. The van der Waals surface area contributed by atoms with Crippen molar-refractivity contribution in [3.05, 3.63) is 29.6 Å². The normalized spacial score (nSPS) is 11.2. The van der Waals surface area contributed by atoms with Gasteiger partial charge in [-0.3, -0.25) is 4.79 Å². The van der Waals surface area contributed by atoms with Crippen LogP contribution in [0.25, 0.3) is 0 Å². The summed E-state index contributed by atoms with van der Waals surface area (Å²) in [7, 11) is 1.46. The van der Waals surface area contributed by atoms with Gasteiger partial charge in [0, 0.05) is 13.6 Å². The van der Waals surface area contributed by atoms with E-state index >= 15 is 0 Å². The van der Waals surface area contributed by atoms with E-state index in [1.165, 1.54) is 25.2 Å². The molecule has 0 radical (unpaired) electrons. The number of carbonyl (C=O) groups excluding carboxylic acids is 1. The Hall–Kier alpha value is -1.83. The second kappa shape index (κ2) is 7.09. The maximum absolute atomic E-state index is 13.4. The molecule has 0 unspecified atom stereocenters. The zero-order chi connectivity index (χ0) is 15.2. The average molecular weight is 294 g/mol. The van der Waals surface area contributed by atoms with Crippen LogP contribution in [-0.4, -0.2) is 38.9 Å². The van der Waals surface area contributed by atoms with Gasteiger partial charge in [0.1, 0.15) is 12.4 Å². The number of benzene rings is 1. The Morgan fingerprint density at radius 2 is 2.05 bits per heavy atom. The van der Waals surface area contributed by atoms with Gasteiger partial charge in [-0.15, -0.1) is 0 Å². The van der Waals surface area contributed by atoms with Gasteiger partial charge in [-0.1, -0.05) is 6.07 Å². The third-order valence-electron chi connectivity index (χ3n) is 2.31. The van der Waals surface area contributed by atoms with Crippen LogP contribution >= 0.6 is 0 Å². The molecule has 0 aromatic heterocycles. The zero-order valence-corrected chi connectivity index (χ0v) is 10.7. The molecule has 4 nitrogen and oxygen atoms in total. The molecule has 0 aliphatic heterocycles. The van der Waals surface area contributed by atoms with E-state index in [4.69, 9.17) is 0 Å². The summed E-state index contributed by atoms with van der Waals surface area (Å²) in [5.41, 5.74) is 0.101. The molecule has 1 aromatic carbocycles.